The SMILES string of the molecule is O=C(CCc1ccc(Oc2ccccc2)cc1)c1ccc(C(=O)O)c(C(=O)O)c1. The van der Waals surface area contributed by atoms with Gasteiger partial charge in [-0.15, -0.1) is 0 Å². The van der Waals surface area contributed by atoms with Crippen molar-refractivity contribution in [2.75, 3.05) is 0 Å². The summed E-state index contributed by atoms with van der Waals surface area (Å²) >= 11 is 0. The van der Waals surface area contributed by atoms with Crippen molar-refractivity contribution in [1.29, 1.82) is 0 Å². The Labute approximate surface area is 167 Å². The number of hydrogen-bond donors (Lipinski definition) is 2. The number of aromatic carboxylic acids is 2. The first kappa shape index (κ1) is 19.8. The number of carbonyl (C=O) groups excluding carboxylic acids is 1. The molecule has 0 spiro atoms. The Morgan fingerprint density at radius 3 is 1.97 bits per heavy atom. The van der Waals surface area contributed by atoms with Crippen molar-refractivity contribution in [2.45, 2.75) is 12.8 Å². The molecule has 0 saturated heterocycles. The Bertz CT molecular complexity index is 1040. The summed E-state index contributed by atoms with van der Waals surface area (Å²) in [5.41, 5.74) is 0.365. The zero-order chi connectivity index (χ0) is 20.8. The molecular weight excluding hydrogens is 372 g/mol. The third-order valence-corrected chi connectivity index (χ3v) is 4.35. The molecule has 0 aliphatic heterocycles. The standard InChI is InChI=1S/C23H18O6/c24-21(16-9-12-19(22(25)26)20(14-16)23(27)28)13-8-15-6-10-18(11-7-15)29-17-4-2-1-3-5-17/h1-7,9-12,14H,8,13H2,(H,25,26)(H,27,28). The van der Waals surface area contributed by atoms with E-state index in [1.165, 1.54) is 6.07 Å². The van der Waals surface area contributed by atoms with Gasteiger partial charge < -0.3 is 14.9 Å². The first-order valence-corrected chi connectivity index (χ1v) is 8.90. The lowest BCUT2D eigenvalue weighted by atomic mass is 9.98. The van der Waals surface area contributed by atoms with Gasteiger partial charge in [0, 0.05) is 12.0 Å². The highest BCUT2D eigenvalue weighted by atomic mass is 16.5. The van der Waals surface area contributed by atoms with Gasteiger partial charge in [0.25, 0.3) is 0 Å². The van der Waals surface area contributed by atoms with E-state index in [0.29, 0.717) is 12.2 Å². The number of ether oxygens (including phenoxy) is 1. The molecular formula is C23H18O6. The van der Waals surface area contributed by atoms with Gasteiger partial charge in [-0.25, -0.2) is 9.59 Å². The number of aryl methyl sites for hydroxylation is 1. The summed E-state index contributed by atoms with van der Waals surface area (Å²) in [7, 11) is 0. The zero-order valence-corrected chi connectivity index (χ0v) is 15.4. The molecule has 0 saturated carbocycles. The lowest BCUT2D eigenvalue weighted by molar-refractivity contribution is 0.0651. The monoisotopic (exact) mass is 390 g/mol. The van der Waals surface area contributed by atoms with Crippen LogP contribution < -0.4 is 4.74 Å². The minimum atomic E-state index is -1.38. The fraction of sp³-hybridized carbons (Fsp3) is 0.0870. The number of rotatable bonds is 8. The number of hydrogen-bond acceptors (Lipinski definition) is 4. The summed E-state index contributed by atoms with van der Waals surface area (Å²) in [5.74, 6) is -1.57. The van der Waals surface area contributed by atoms with Crippen LogP contribution in [0.25, 0.3) is 0 Å². The molecule has 0 amide bonds. The van der Waals surface area contributed by atoms with Crippen molar-refractivity contribution in [1.82, 2.24) is 0 Å². The highest BCUT2D eigenvalue weighted by molar-refractivity contribution is 6.05. The Morgan fingerprint density at radius 2 is 1.34 bits per heavy atom. The van der Waals surface area contributed by atoms with E-state index in [1.807, 2.05) is 54.6 Å². The van der Waals surface area contributed by atoms with E-state index in [2.05, 4.69) is 0 Å². The lowest BCUT2D eigenvalue weighted by Gasteiger charge is -2.07. The maximum Gasteiger partial charge on any atom is 0.336 e. The molecule has 0 heterocycles. The average Bonchev–Trinajstić information content (AvgIpc) is 2.73. The summed E-state index contributed by atoms with van der Waals surface area (Å²) in [4.78, 5) is 34.8. The molecule has 2 N–H and O–H groups in total. The van der Waals surface area contributed by atoms with Crippen LogP contribution >= 0.6 is 0 Å². The van der Waals surface area contributed by atoms with Gasteiger partial charge in [0.15, 0.2) is 5.78 Å². The summed E-state index contributed by atoms with van der Waals surface area (Å²) in [5, 5.41) is 18.2. The van der Waals surface area contributed by atoms with Gasteiger partial charge in [-0.2, -0.15) is 0 Å². The molecule has 3 aromatic carbocycles. The summed E-state index contributed by atoms with van der Waals surface area (Å²) in [6, 6.07) is 20.3. The predicted molar refractivity (Wildman–Crippen MR) is 106 cm³/mol. The number of ketones is 1. The van der Waals surface area contributed by atoms with Crippen molar-refractivity contribution in [3.63, 3.8) is 0 Å². The third kappa shape index (κ3) is 5.07. The van der Waals surface area contributed by atoms with Gasteiger partial charge in [-0.3, -0.25) is 4.79 Å². The highest BCUT2D eigenvalue weighted by Gasteiger charge is 2.18. The summed E-state index contributed by atoms with van der Waals surface area (Å²) < 4.78 is 5.72. The van der Waals surface area contributed by atoms with E-state index in [9.17, 15) is 19.5 Å². The maximum absolute atomic E-state index is 12.4. The summed E-state index contributed by atoms with van der Waals surface area (Å²) in [6.07, 6.45) is 0.637. The quantitative estimate of drug-likeness (QED) is 0.541. The third-order valence-electron chi connectivity index (χ3n) is 4.35. The van der Waals surface area contributed by atoms with Crippen LogP contribution in [0.4, 0.5) is 0 Å². The van der Waals surface area contributed by atoms with Gasteiger partial charge in [-0.05, 0) is 48.4 Å². The van der Waals surface area contributed by atoms with E-state index >= 15 is 0 Å². The molecule has 0 radical (unpaired) electrons. The number of Topliss-reactive ketones (excluding diaryl/α,β-unsaturated/α-hetero) is 1. The Morgan fingerprint density at radius 1 is 0.724 bits per heavy atom. The largest absolute Gasteiger partial charge is 0.478 e. The molecule has 0 aliphatic carbocycles. The van der Waals surface area contributed by atoms with Crippen molar-refractivity contribution >= 4 is 17.7 Å². The van der Waals surface area contributed by atoms with Crippen LogP contribution in [-0.2, 0) is 6.42 Å². The number of carbonyl (C=O) groups is 3. The molecule has 0 fully saturated rings. The van der Waals surface area contributed by atoms with Gasteiger partial charge >= 0.3 is 11.9 Å². The van der Waals surface area contributed by atoms with Crippen molar-refractivity contribution in [3.05, 3.63) is 95.1 Å². The summed E-state index contributed by atoms with van der Waals surface area (Å²) in [6.45, 7) is 0. The normalized spacial score (nSPS) is 10.3. The van der Waals surface area contributed by atoms with Crippen LogP contribution in [0.15, 0.2) is 72.8 Å². The second-order valence-corrected chi connectivity index (χ2v) is 6.35. The number of para-hydroxylation sites is 1. The predicted octanol–water partition coefficient (Wildman–Crippen LogP) is 4.69. The zero-order valence-electron chi connectivity index (χ0n) is 15.4. The van der Waals surface area contributed by atoms with E-state index in [-0.39, 0.29) is 23.3 Å². The molecule has 0 aliphatic rings. The van der Waals surface area contributed by atoms with Crippen LogP contribution in [0.3, 0.4) is 0 Å². The smallest absolute Gasteiger partial charge is 0.336 e. The minimum absolute atomic E-state index is 0.171. The average molecular weight is 390 g/mol. The molecule has 6 heteroatoms. The fourth-order valence-corrected chi connectivity index (χ4v) is 2.83. The molecule has 3 rings (SSSR count). The Hall–Kier alpha value is -3.93. The second-order valence-electron chi connectivity index (χ2n) is 6.35. The molecule has 0 aromatic heterocycles. The molecule has 3 aromatic rings. The number of carboxylic acids is 2. The van der Waals surface area contributed by atoms with Crippen LogP contribution in [0.2, 0.25) is 0 Å². The molecule has 29 heavy (non-hydrogen) atoms. The molecule has 146 valence electrons. The van der Waals surface area contributed by atoms with E-state index in [4.69, 9.17) is 9.84 Å². The van der Waals surface area contributed by atoms with Crippen LogP contribution in [-0.4, -0.2) is 27.9 Å². The first-order valence-electron chi connectivity index (χ1n) is 8.90. The maximum atomic E-state index is 12.4. The van der Waals surface area contributed by atoms with E-state index in [1.54, 1.807) is 0 Å². The Balaban J connectivity index is 1.64. The number of benzene rings is 3. The van der Waals surface area contributed by atoms with Crippen molar-refractivity contribution < 1.29 is 29.3 Å². The van der Waals surface area contributed by atoms with Crippen LogP contribution in [0, 0.1) is 0 Å². The fourth-order valence-electron chi connectivity index (χ4n) is 2.83. The van der Waals surface area contributed by atoms with E-state index < -0.39 is 17.5 Å². The van der Waals surface area contributed by atoms with Crippen LogP contribution in [0.1, 0.15) is 43.1 Å². The molecule has 0 atom stereocenters. The minimum Gasteiger partial charge on any atom is -0.478 e. The molecule has 0 unspecified atom stereocenters. The molecule has 6 nitrogen and oxygen atoms in total. The van der Waals surface area contributed by atoms with E-state index in [0.717, 1.165) is 23.4 Å². The van der Waals surface area contributed by atoms with Crippen molar-refractivity contribution in [3.8, 4) is 11.5 Å². The molecule has 0 bridgehead atoms. The second kappa shape index (κ2) is 8.84. The van der Waals surface area contributed by atoms with Crippen LogP contribution in [0.5, 0.6) is 11.5 Å². The van der Waals surface area contributed by atoms with Crippen molar-refractivity contribution in [2.24, 2.45) is 0 Å². The topological polar surface area (TPSA) is 101 Å². The van der Waals surface area contributed by atoms with Gasteiger partial charge in [0.05, 0.1) is 11.1 Å². The first-order chi connectivity index (χ1) is 13.9. The highest BCUT2D eigenvalue weighted by Crippen LogP contribution is 2.22. The van der Waals surface area contributed by atoms with Gasteiger partial charge in [0.1, 0.15) is 11.5 Å². The Kier molecular flexibility index (Phi) is 6.04. The number of carboxylic acid groups (broad SMARTS) is 2. The van der Waals surface area contributed by atoms with Gasteiger partial charge in [-0.1, -0.05) is 36.4 Å². The van der Waals surface area contributed by atoms with Gasteiger partial charge in [0.2, 0.25) is 0 Å². The lowest BCUT2D eigenvalue weighted by Crippen LogP contribution is -2.10.